The Morgan fingerprint density at radius 3 is 2.61 bits per heavy atom. The summed E-state index contributed by atoms with van der Waals surface area (Å²) in [5.41, 5.74) is 1.65. The summed E-state index contributed by atoms with van der Waals surface area (Å²) in [4.78, 5) is 22.6. The van der Waals surface area contributed by atoms with E-state index in [-0.39, 0.29) is 11.9 Å². The monoisotopic (exact) mass is 265 g/mol. The van der Waals surface area contributed by atoms with Crippen LogP contribution in [-0.2, 0) is 15.3 Å². The molecule has 2 rings (SSSR count). The molecule has 1 saturated heterocycles. The van der Waals surface area contributed by atoms with E-state index in [0.717, 1.165) is 17.9 Å². The summed E-state index contributed by atoms with van der Waals surface area (Å²) in [5.74, 6) is 0.646. The van der Waals surface area contributed by atoms with Gasteiger partial charge in [0.25, 0.3) is 0 Å². The fourth-order valence-electron chi connectivity index (χ4n) is 1.53. The number of rotatable bonds is 5. The van der Waals surface area contributed by atoms with Crippen LogP contribution in [0.5, 0.6) is 0 Å². The van der Waals surface area contributed by atoms with E-state index >= 15 is 0 Å². The third-order valence-corrected chi connectivity index (χ3v) is 3.82. The number of benzene rings is 1. The van der Waals surface area contributed by atoms with E-state index in [1.54, 1.807) is 23.4 Å². The summed E-state index contributed by atoms with van der Waals surface area (Å²) >= 11 is 1.52. The largest absolute Gasteiger partial charge is 0.462 e. The summed E-state index contributed by atoms with van der Waals surface area (Å²) in [6.45, 7) is 3.00. The number of β-lactam (4-membered cyclic amide) rings is 1. The number of ether oxygens (including phenoxy) is 1. The number of esters is 1. The van der Waals surface area contributed by atoms with Crippen molar-refractivity contribution in [1.29, 1.82) is 0 Å². The van der Waals surface area contributed by atoms with Gasteiger partial charge in [-0.2, -0.15) is 0 Å². The highest BCUT2D eigenvalue weighted by molar-refractivity contribution is 7.96. The molecular weight excluding hydrogens is 250 g/mol. The summed E-state index contributed by atoms with van der Waals surface area (Å²) in [5, 5.41) is 0. The number of carbonyl (C=O) groups is 2. The Morgan fingerprint density at radius 1 is 1.39 bits per heavy atom. The lowest BCUT2D eigenvalue weighted by Crippen LogP contribution is -2.37. The molecule has 1 aliphatic rings. The Balaban J connectivity index is 1.87. The van der Waals surface area contributed by atoms with Crippen molar-refractivity contribution in [1.82, 2.24) is 4.31 Å². The minimum atomic E-state index is -0.297. The molecule has 1 heterocycles. The Hall–Kier alpha value is -1.49. The average molecular weight is 265 g/mol. The van der Waals surface area contributed by atoms with E-state index in [0.29, 0.717) is 18.6 Å². The highest BCUT2D eigenvalue weighted by Gasteiger charge is 2.23. The molecule has 1 aromatic rings. The van der Waals surface area contributed by atoms with Gasteiger partial charge in [0, 0.05) is 18.7 Å². The Kier molecular flexibility index (Phi) is 4.25. The molecule has 0 saturated carbocycles. The molecule has 1 aromatic carbocycles. The van der Waals surface area contributed by atoms with E-state index in [9.17, 15) is 9.59 Å². The van der Waals surface area contributed by atoms with Crippen molar-refractivity contribution in [2.45, 2.75) is 19.1 Å². The fourth-order valence-corrected chi connectivity index (χ4v) is 2.49. The highest BCUT2D eigenvalue weighted by Crippen LogP contribution is 2.24. The van der Waals surface area contributed by atoms with Crippen LogP contribution in [0.1, 0.15) is 29.3 Å². The minimum absolute atomic E-state index is 0.197. The van der Waals surface area contributed by atoms with Gasteiger partial charge in [-0.1, -0.05) is 12.1 Å². The molecular formula is C13H15NO3S. The molecule has 1 fully saturated rings. The number of amides is 1. The molecule has 0 spiro atoms. The van der Waals surface area contributed by atoms with Gasteiger partial charge in [0.05, 0.1) is 12.2 Å². The molecule has 4 nitrogen and oxygen atoms in total. The second-order valence-electron chi connectivity index (χ2n) is 3.94. The van der Waals surface area contributed by atoms with Crippen LogP contribution in [0.4, 0.5) is 0 Å². The van der Waals surface area contributed by atoms with Gasteiger partial charge in [0.15, 0.2) is 0 Å². The summed E-state index contributed by atoms with van der Waals surface area (Å²) in [6, 6.07) is 7.30. The summed E-state index contributed by atoms with van der Waals surface area (Å²) < 4.78 is 6.67. The van der Waals surface area contributed by atoms with Crippen molar-refractivity contribution >= 4 is 23.8 Å². The molecule has 0 bridgehead atoms. The minimum Gasteiger partial charge on any atom is -0.462 e. The second-order valence-corrected chi connectivity index (χ2v) is 4.92. The molecule has 0 atom stereocenters. The van der Waals surface area contributed by atoms with Crippen LogP contribution >= 0.6 is 11.9 Å². The second kappa shape index (κ2) is 5.91. The zero-order valence-corrected chi connectivity index (χ0v) is 11.0. The average Bonchev–Trinajstić information content (AvgIpc) is 2.38. The van der Waals surface area contributed by atoms with Crippen molar-refractivity contribution in [2.24, 2.45) is 0 Å². The lowest BCUT2D eigenvalue weighted by molar-refractivity contribution is -0.132. The van der Waals surface area contributed by atoms with Gasteiger partial charge in [-0.3, -0.25) is 9.10 Å². The van der Waals surface area contributed by atoms with Crippen molar-refractivity contribution < 1.29 is 14.3 Å². The van der Waals surface area contributed by atoms with Crippen molar-refractivity contribution in [3.63, 3.8) is 0 Å². The van der Waals surface area contributed by atoms with Crippen LogP contribution in [0, 0.1) is 0 Å². The molecule has 0 aromatic heterocycles. The van der Waals surface area contributed by atoms with Gasteiger partial charge < -0.3 is 4.74 Å². The zero-order chi connectivity index (χ0) is 13.0. The van der Waals surface area contributed by atoms with Crippen LogP contribution in [0.15, 0.2) is 24.3 Å². The van der Waals surface area contributed by atoms with E-state index in [2.05, 4.69) is 0 Å². The van der Waals surface area contributed by atoms with E-state index < -0.39 is 0 Å². The van der Waals surface area contributed by atoms with Crippen molar-refractivity contribution in [3.8, 4) is 0 Å². The van der Waals surface area contributed by atoms with Crippen LogP contribution < -0.4 is 0 Å². The third kappa shape index (κ3) is 3.04. The summed E-state index contributed by atoms with van der Waals surface area (Å²) in [6.07, 6.45) is 0.662. The quantitative estimate of drug-likeness (QED) is 0.465. The Morgan fingerprint density at radius 2 is 2.11 bits per heavy atom. The number of hydrogen-bond acceptors (Lipinski definition) is 4. The number of hydrogen-bond donors (Lipinski definition) is 0. The Bertz CT molecular complexity index is 444. The lowest BCUT2D eigenvalue weighted by Gasteiger charge is -2.28. The normalized spacial score (nSPS) is 14.3. The van der Waals surface area contributed by atoms with Crippen LogP contribution in [0.2, 0.25) is 0 Å². The van der Waals surface area contributed by atoms with Crippen LogP contribution in [0.3, 0.4) is 0 Å². The first-order chi connectivity index (χ1) is 8.70. The Labute approximate surface area is 110 Å². The molecule has 1 aliphatic heterocycles. The van der Waals surface area contributed by atoms with Gasteiger partial charge >= 0.3 is 5.97 Å². The van der Waals surface area contributed by atoms with Crippen LogP contribution in [0.25, 0.3) is 0 Å². The first-order valence-corrected chi connectivity index (χ1v) is 6.84. The van der Waals surface area contributed by atoms with Crippen molar-refractivity contribution in [3.05, 3.63) is 35.4 Å². The standard InChI is InChI=1S/C13H15NO3S/c1-2-17-13(16)11-5-3-10(4-6-11)9-18-14-8-7-12(14)15/h3-6H,2,7-9H2,1H3. The topological polar surface area (TPSA) is 46.6 Å². The van der Waals surface area contributed by atoms with Gasteiger partial charge in [-0.15, -0.1) is 0 Å². The lowest BCUT2D eigenvalue weighted by atomic mass is 10.1. The molecule has 96 valence electrons. The van der Waals surface area contributed by atoms with Crippen LogP contribution in [-0.4, -0.2) is 29.3 Å². The molecule has 5 heteroatoms. The number of nitrogens with zero attached hydrogens (tertiary/aromatic N) is 1. The fraction of sp³-hybridized carbons (Fsp3) is 0.385. The van der Waals surface area contributed by atoms with Gasteiger partial charge in [0.2, 0.25) is 5.91 Å². The molecule has 18 heavy (non-hydrogen) atoms. The maximum atomic E-state index is 11.4. The maximum absolute atomic E-state index is 11.4. The predicted octanol–water partition coefficient (Wildman–Crippen LogP) is 2.24. The molecule has 0 aliphatic carbocycles. The van der Waals surface area contributed by atoms with E-state index in [1.165, 1.54) is 11.9 Å². The first kappa shape index (κ1) is 13.0. The summed E-state index contributed by atoms with van der Waals surface area (Å²) in [7, 11) is 0. The van der Waals surface area contributed by atoms with E-state index in [4.69, 9.17) is 4.74 Å². The van der Waals surface area contributed by atoms with E-state index in [1.807, 2.05) is 12.1 Å². The molecule has 1 amide bonds. The molecule has 0 radical (unpaired) electrons. The SMILES string of the molecule is CCOC(=O)c1ccc(CSN2CCC2=O)cc1. The van der Waals surface area contributed by atoms with Crippen molar-refractivity contribution in [2.75, 3.05) is 13.2 Å². The maximum Gasteiger partial charge on any atom is 0.338 e. The first-order valence-electron chi connectivity index (χ1n) is 5.90. The predicted molar refractivity (Wildman–Crippen MR) is 70.0 cm³/mol. The van der Waals surface area contributed by atoms with Gasteiger partial charge in [-0.05, 0) is 36.6 Å². The molecule has 0 unspecified atom stereocenters. The number of carbonyl (C=O) groups excluding carboxylic acids is 2. The van der Waals surface area contributed by atoms with Gasteiger partial charge in [-0.25, -0.2) is 4.79 Å². The van der Waals surface area contributed by atoms with Gasteiger partial charge in [0.1, 0.15) is 0 Å². The zero-order valence-electron chi connectivity index (χ0n) is 10.2. The third-order valence-electron chi connectivity index (χ3n) is 2.66. The molecule has 0 N–H and O–H groups in total. The highest BCUT2D eigenvalue weighted by atomic mass is 32.2. The smallest absolute Gasteiger partial charge is 0.338 e.